The van der Waals surface area contributed by atoms with E-state index < -0.39 is 29.2 Å². The fourth-order valence-corrected chi connectivity index (χ4v) is 2.23. The van der Waals surface area contributed by atoms with Crippen LogP contribution in [0, 0.1) is 11.2 Å². The molecular formula is C16H22FNO4. The fraction of sp³-hybridized carbons (Fsp3) is 0.500. The van der Waals surface area contributed by atoms with E-state index in [0.29, 0.717) is 18.4 Å². The molecule has 0 fully saturated rings. The van der Waals surface area contributed by atoms with Crippen LogP contribution >= 0.6 is 0 Å². The summed E-state index contributed by atoms with van der Waals surface area (Å²) in [6.07, 6.45) is -0.581. The molecule has 0 radical (unpaired) electrons. The average molecular weight is 311 g/mol. The van der Waals surface area contributed by atoms with E-state index in [1.165, 1.54) is 18.2 Å². The summed E-state index contributed by atoms with van der Waals surface area (Å²) in [6, 6.07) is 5.40. The highest BCUT2D eigenvalue weighted by atomic mass is 19.1. The van der Waals surface area contributed by atoms with Crippen molar-refractivity contribution in [2.45, 2.75) is 39.2 Å². The fourth-order valence-electron chi connectivity index (χ4n) is 2.23. The lowest BCUT2D eigenvalue weighted by atomic mass is 9.82. The van der Waals surface area contributed by atoms with E-state index in [0.717, 1.165) is 6.07 Å². The summed E-state index contributed by atoms with van der Waals surface area (Å²) in [6.45, 7) is 3.51. The number of hydrogen-bond acceptors (Lipinski definition) is 3. The lowest BCUT2D eigenvalue weighted by Crippen LogP contribution is -2.42. The van der Waals surface area contributed by atoms with Crippen molar-refractivity contribution in [3.8, 4) is 0 Å². The molecule has 5 nitrogen and oxygen atoms in total. The standard InChI is InChI=1S/C16H22FNO4/c1-3-16(4-2,15(21)22)10-18-14(20)9-13(19)11-6-5-7-12(17)8-11/h5-8,13,19H,3-4,9-10H2,1-2H3,(H,18,20)(H,21,22). The summed E-state index contributed by atoms with van der Waals surface area (Å²) in [5, 5.41) is 21.8. The van der Waals surface area contributed by atoms with Crippen LogP contribution in [0.25, 0.3) is 0 Å². The minimum atomic E-state index is -1.13. The van der Waals surface area contributed by atoms with Crippen molar-refractivity contribution in [1.29, 1.82) is 0 Å². The van der Waals surface area contributed by atoms with Crippen molar-refractivity contribution in [2.75, 3.05) is 6.54 Å². The third-order valence-corrected chi connectivity index (χ3v) is 4.04. The first-order valence-electron chi connectivity index (χ1n) is 7.28. The van der Waals surface area contributed by atoms with E-state index in [2.05, 4.69) is 5.32 Å². The maximum absolute atomic E-state index is 13.1. The molecule has 0 heterocycles. The first-order valence-corrected chi connectivity index (χ1v) is 7.28. The van der Waals surface area contributed by atoms with Crippen LogP contribution in [-0.2, 0) is 9.59 Å². The topological polar surface area (TPSA) is 86.6 Å². The van der Waals surface area contributed by atoms with Crippen molar-refractivity contribution in [1.82, 2.24) is 5.32 Å². The highest BCUT2D eigenvalue weighted by molar-refractivity contribution is 5.79. The van der Waals surface area contributed by atoms with Crippen molar-refractivity contribution < 1.29 is 24.2 Å². The third-order valence-electron chi connectivity index (χ3n) is 4.04. The number of amides is 1. The number of benzene rings is 1. The van der Waals surface area contributed by atoms with Gasteiger partial charge < -0.3 is 15.5 Å². The van der Waals surface area contributed by atoms with E-state index >= 15 is 0 Å². The van der Waals surface area contributed by atoms with Gasteiger partial charge in [-0.2, -0.15) is 0 Å². The van der Waals surface area contributed by atoms with E-state index in [1.54, 1.807) is 13.8 Å². The second-order valence-corrected chi connectivity index (χ2v) is 5.34. The molecule has 0 saturated carbocycles. The minimum Gasteiger partial charge on any atom is -0.481 e. The maximum Gasteiger partial charge on any atom is 0.311 e. The molecule has 0 aliphatic rings. The Balaban J connectivity index is 2.61. The van der Waals surface area contributed by atoms with Crippen molar-refractivity contribution in [3.05, 3.63) is 35.6 Å². The SMILES string of the molecule is CCC(CC)(CNC(=O)CC(O)c1cccc(F)c1)C(=O)O. The van der Waals surface area contributed by atoms with Crippen molar-refractivity contribution in [3.63, 3.8) is 0 Å². The third kappa shape index (κ3) is 4.53. The Bertz CT molecular complexity index is 529. The van der Waals surface area contributed by atoms with Crippen LogP contribution in [0.1, 0.15) is 44.8 Å². The van der Waals surface area contributed by atoms with Crippen LogP contribution in [0.15, 0.2) is 24.3 Å². The first-order chi connectivity index (χ1) is 10.3. The van der Waals surface area contributed by atoms with Crippen LogP contribution in [0.3, 0.4) is 0 Å². The van der Waals surface area contributed by atoms with Gasteiger partial charge in [0.25, 0.3) is 0 Å². The number of aliphatic hydroxyl groups is 1. The van der Waals surface area contributed by atoms with E-state index in [9.17, 15) is 24.2 Å². The number of rotatable bonds is 8. The van der Waals surface area contributed by atoms with Gasteiger partial charge in [-0.3, -0.25) is 9.59 Å². The molecule has 3 N–H and O–H groups in total. The van der Waals surface area contributed by atoms with Crippen LogP contribution in [-0.4, -0.2) is 28.6 Å². The molecule has 0 spiro atoms. The van der Waals surface area contributed by atoms with Crippen LogP contribution in [0.4, 0.5) is 4.39 Å². The van der Waals surface area contributed by atoms with Gasteiger partial charge in [-0.1, -0.05) is 26.0 Å². The number of carbonyl (C=O) groups is 2. The molecule has 0 saturated heterocycles. The maximum atomic E-state index is 13.1. The molecule has 22 heavy (non-hydrogen) atoms. The summed E-state index contributed by atoms with van der Waals surface area (Å²) in [5.41, 5.74) is -0.690. The van der Waals surface area contributed by atoms with Gasteiger partial charge >= 0.3 is 5.97 Å². The normalized spacial score (nSPS) is 12.7. The second-order valence-electron chi connectivity index (χ2n) is 5.34. The van der Waals surface area contributed by atoms with Gasteiger partial charge in [0.1, 0.15) is 5.82 Å². The van der Waals surface area contributed by atoms with E-state index in [4.69, 9.17) is 0 Å². The summed E-state index contributed by atoms with van der Waals surface area (Å²) in [4.78, 5) is 23.2. The number of nitrogens with one attached hydrogen (secondary N) is 1. The quantitative estimate of drug-likeness (QED) is 0.687. The van der Waals surface area contributed by atoms with Gasteiger partial charge in [0.15, 0.2) is 0 Å². The van der Waals surface area contributed by atoms with E-state index in [1.807, 2.05) is 0 Å². The number of hydrogen-bond donors (Lipinski definition) is 3. The molecule has 122 valence electrons. The number of carboxylic acids is 1. The summed E-state index contributed by atoms with van der Waals surface area (Å²) >= 11 is 0. The predicted octanol–water partition coefficient (Wildman–Crippen LogP) is 2.26. The summed E-state index contributed by atoms with van der Waals surface area (Å²) in [7, 11) is 0. The van der Waals surface area contributed by atoms with Crippen molar-refractivity contribution in [2.24, 2.45) is 5.41 Å². The zero-order valence-corrected chi connectivity index (χ0v) is 12.8. The molecule has 1 aromatic rings. The number of carbonyl (C=O) groups excluding carboxylic acids is 1. The molecule has 1 rings (SSSR count). The Labute approximate surface area is 129 Å². The molecule has 0 bridgehead atoms. The zero-order valence-electron chi connectivity index (χ0n) is 12.8. The largest absolute Gasteiger partial charge is 0.481 e. The lowest BCUT2D eigenvalue weighted by Gasteiger charge is -2.27. The van der Waals surface area contributed by atoms with Gasteiger partial charge in [0.2, 0.25) is 5.91 Å². The monoisotopic (exact) mass is 311 g/mol. The molecule has 6 heteroatoms. The molecule has 0 aromatic heterocycles. The first kappa shape index (κ1) is 18.1. The Morgan fingerprint density at radius 2 is 1.95 bits per heavy atom. The highest BCUT2D eigenvalue weighted by Crippen LogP contribution is 2.26. The molecule has 1 atom stereocenters. The Hall–Kier alpha value is -1.95. The molecule has 0 aliphatic heterocycles. The molecule has 1 aromatic carbocycles. The number of carboxylic acid groups (broad SMARTS) is 1. The molecule has 0 aliphatic carbocycles. The summed E-state index contributed by atoms with van der Waals surface area (Å²) < 4.78 is 13.1. The van der Waals surface area contributed by atoms with Crippen LogP contribution in [0.2, 0.25) is 0 Å². The second kappa shape index (κ2) is 7.89. The van der Waals surface area contributed by atoms with Gasteiger partial charge in [0, 0.05) is 6.54 Å². The highest BCUT2D eigenvalue weighted by Gasteiger charge is 2.35. The van der Waals surface area contributed by atoms with E-state index in [-0.39, 0.29) is 13.0 Å². The molecule has 1 amide bonds. The number of aliphatic hydroxyl groups excluding tert-OH is 1. The van der Waals surface area contributed by atoms with Gasteiger partial charge in [-0.25, -0.2) is 4.39 Å². The Morgan fingerprint density at radius 3 is 2.45 bits per heavy atom. The van der Waals surface area contributed by atoms with Crippen molar-refractivity contribution >= 4 is 11.9 Å². The lowest BCUT2D eigenvalue weighted by molar-refractivity contribution is -0.149. The number of halogens is 1. The van der Waals surface area contributed by atoms with Gasteiger partial charge in [-0.15, -0.1) is 0 Å². The Kier molecular flexibility index (Phi) is 6.49. The average Bonchev–Trinajstić information content (AvgIpc) is 2.48. The summed E-state index contributed by atoms with van der Waals surface area (Å²) in [5.74, 6) is -1.91. The zero-order chi connectivity index (χ0) is 16.8. The molecular weight excluding hydrogens is 289 g/mol. The van der Waals surface area contributed by atoms with Gasteiger partial charge in [0.05, 0.1) is 17.9 Å². The minimum absolute atomic E-state index is 0.00401. The van der Waals surface area contributed by atoms with Crippen LogP contribution in [0.5, 0.6) is 0 Å². The van der Waals surface area contributed by atoms with Crippen LogP contribution < -0.4 is 5.32 Å². The smallest absolute Gasteiger partial charge is 0.311 e. The van der Waals surface area contributed by atoms with Gasteiger partial charge in [-0.05, 0) is 30.5 Å². The number of aliphatic carboxylic acids is 1. The molecule has 1 unspecified atom stereocenters. The predicted molar refractivity (Wildman–Crippen MR) is 79.6 cm³/mol. The Morgan fingerprint density at radius 1 is 1.32 bits per heavy atom.